The topological polar surface area (TPSA) is 78.9 Å². The fourth-order valence-corrected chi connectivity index (χ4v) is 2.04. The number of amides is 1. The van der Waals surface area contributed by atoms with Crippen LogP contribution in [0.25, 0.3) is 11.3 Å². The molecule has 0 radical (unpaired) electrons. The summed E-state index contributed by atoms with van der Waals surface area (Å²) in [5.74, 6) is 0.361. The third-order valence-electron chi connectivity index (χ3n) is 3.24. The van der Waals surface area contributed by atoms with Crippen molar-refractivity contribution < 1.29 is 9.21 Å². The van der Waals surface area contributed by atoms with Gasteiger partial charge in [-0.3, -0.25) is 4.79 Å². The van der Waals surface area contributed by atoms with Gasteiger partial charge in [-0.15, -0.1) is 0 Å². The minimum atomic E-state index is -0.201. The number of carbonyl (C=O) groups excluding carboxylic acids is 1. The minimum absolute atomic E-state index is 0.201. The second-order valence-corrected chi connectivity index (χ2v) is 4.85. The molecule has 0 atom stereocenters. The van der Waals surface area contributed by atoms with Gasteiger partial charge in [0.2, 0.25) is 0 Å². The zero-order valence-corrected chi connectivity index (χ0v) is 11.0. The molecule has 0 spiro atoms. The fourth-order valence-electron chi connectivity index (χ4n) is 2.04. The van der Waals surface area contributed by atoms with Crippen LogP contribution < -0.4 is 5.32 Å². The van der Waals surface area contributed by atoms with Crippen molar-refractivity contribution in [3.05, 3.63) is 41.4 Å². The summed E-state index contributed by atoms with van der Waals surface area (Å²) >= 11 is 0. The second kappa shape index (κ2) is 4.82. The lowest BCUT2D eigenvalue weighted by atomic mass is 10.0. The standard InChI is InChI=1S/C15H13N3O2/c1-9-12(8-16)11(14-3-2-6-20-14)7-13(17-9)15(19)18-10-4-5-10/h2-3,6-7,10H,4-5H2,1H3,(H,18,19). The first kappa shape index (κ1) is 12.4. The van der Waals surface area contributed by atoms with Gasteiger partial charge >= 0.3 is 0 Å². The lowest BCUT2D eigenvalue weighted by molar-refractivity contribution is 0.0946. The molecule has 2 aromatic heterocycles. The average Bonchev–Trinajstić information content (AvgIpc) is 3.07. The molecular formula is C15H13N3O2. The molecule has 20 heavy (non-hydrogen) atoms. The van der Waals surface area contributed by atoms with Gasteiger partial charge in [0.1, 0.15) is 17.5 Å². The number of aryl methyl sites for hydroxylation is 1. The molecule has 2 heterocycles. The molecule has 0 unspecified atom stereocenters. The van der Waals surface area contributed by atoms with E-state index < -0.39 is 0 Å². The molecule has 0 saturated heterocycles. The van der Waals surface area contributed by atoms with Gasteiger partial charge in [-0.05, 0) is 38.0 Å². The van der Waals surface area contributed by atoms with E-state index in [0.29, 0.717) is 28.3 Å². The monoisotopic (exact) mass is 267 g/mol. The average molecular weight is 267 g/mol. The van der Waals surface area contributed by atoms with Crippen molar-refractivity contribution in [3.63, 3.8) is 0 Å². The van der Waals surface area contributed by atoms with Crippen molar-refractivity contribution in [3.8, 4) is 17.4 Å². The van der Waals surface area contributed by atoms with E-state index in [-0.39, 0.29) is 11.9 Å². The van der Waals surface area contributed by atoms with E-state index in [2.05, 4.69) is 16.4 Å². The first-order valence-electron chi connectivity index (χ1n) is 6.45. The van der Waals surface area contributed by atoms with Gasteiger partial charge < -0.3 is 9.73 Å². The number of hydrogen-bond donors (Lipinski definition) is 1. The normalized spacial score (nSPS) is 13.8. The number of hydrogen-bond acceptors (Lipinski definition) is 4. The smallest absolute Gasteiger partial charge is 0.270 e. The van der Waals surface area contributed by atoms with Gasteiger partial charge in [-0.2, -0.15) is 5.26 Å². The van der Waals surface area contributed by atoms with Crippen LogP contribution in [-0.4, -0.2) is 16.9 Å². The van der Waals surface area contributed by atoms with Gasteiger partial charge in [0.15, 0.2) is 0 Å². The predicted molar refractivity (Wildman–Crippen MR) is 71.9 cm³/mol. The highest BCUT2D eigenvalue weighted by Gasteiger charge is 2.25. The highest BCUT2D eigenvalue weighted by Crippen LogP contribution is 2.27. The molecule has 1 amide bonds. The van der Waals surface area contributed by atoms with E-state index >= 15 is 0 Å². The Labute approximate surface area is 116 Å². The number of aromatic nitrogens is 1. The van der Waals surface area contributed by atoms with Crippen LogP contribution in [-0.2, 0) is 0 Å². The molecule has 5 nitrogen and oxygen atoms in total. The Morgan fingerprint density at radius 3 is 2.95 bits per heavy atom. The Morgan fingerprint density at radius 2 is 2.35 bits per heavy atom. The van der Waals surface area contributed by atoms with Gasteiger partial charge in [0, 0.05) is 11.6 Å². The van der Waals surface area contributed by atoms with Gasteiger partial charge in [-0.25, -0.2) is 4.98 Å². The predicted octanol–water partition coefficient (Wildman–Crippen LogP) is 2.41. The number of nitriles is 1. The molecule has 1 N–H and O–H groups in total. The van der Waals surface area contributed by atoms with Crippen LogP contribution in [0.3, 0.4) is 0 Å². The molecule has 1 fully saturated rings. The molecule has 0 aromatic carbocycles. The molecule has 1 aliphatic rings. The van der Waals surface area contributed by atoms with Crippen molar-refractivity contribution in [1.29, 1.82) is 5.26 Å². The molecule has 1 saturated carbocycles. The maximum atomic E-state index is 12.1. The van der Waals surface area contributed by atoms with Crippen molar-refractivity contribution in [2.24, 2.45) is 0 Å². The third kappa shape index (κ3) is 2.28. The van der Waals surface area contributed by atoms with Crippen molar-refractivity contribution in [2.75, 3.05) is 0 Å². The molecule has 5 heteroatoms. The van der Waals surface area contributed by atoms with Crippen molar-refractivity contribution >= 4 is 5.91 Å². The maximum absolute atomic E-state index is 12.1. The van der Waals surface area contributed by atoms with Crippen LogP contribution in [0.4, 0.5) is 0 Å². The lowest BCUT2D eigenvalue weighted by Gasteiger charge is -2.08. The van der Waals surface area contributed by atoms with Crippen LogP contribution >= 0.6 is 0 Å². The van der Waals surface area contributed by atoms with Crippen LogP contribution in [0.2, 0.25) is 0 Å². The SMILES string of the molecule is Cc1nc(C(=O)NC2CC2)cc(-c2ccco2)c1C#N. The highest BCUT2D eigenvalue weighted by atomic mass is 16.3. The summed E-state index contributed by atoms with van der Waals surface area (Å²) < 4.78 is 5.33. The van der Waals surface area contributed by atoms with Crippen LogP contribution in [0.1, 0.15) is 34.6 Å². The summed E-state index contributed by atoms with van der Waals surface area (Å²) in [6.07, 6.45) is 3.58. The largest absolute Gasteiger partial charge is 0.464 e. The Hall–Kier alpha value is -2.61. The van der Waals surface area contributed by atoms with Gasteiger partial charge in [0.25, 0.3) is 5.91 Å². The molecule has 100 valence electrons. The quantitative estimate of drug-likeness (QED) is 0.926. The number of nitrogens with zero attached hydrogens (tertiary/aromatic N) is 2. The summed E-state index contributed by atoms with van der Waals surface area (Å²) in [7, 11) is 0. The van der Waals surface area contributed by atoms with Crippen LogP contribution in [0.15, 0.2) is 28.9 Å². The van der Waals surface area contributed by atoms with Crippen molar-refractivity contribution in [1.82, 2.24) is 10.3 Å². The summed E-state index contributed by atoms with van der Waals surface area (Å²) in [4.78, 5) is 16.3. The van der Waals surface area contributed by atoms with Crippen LogP contribution in [0.5, 0.6) is 0 Å². The van der Waals surface area contributed by atoms with Crippen molar-refractivity contribution in [2.45, 2.75) is 25.8 Å². The number of carbonyl (C=O) groups is 1. The summed E-state index contributed by atoms with van der Waals surface area (Å²) in [6, 6.07) is 7.51. The first-order valence-corrected chi connectivity index (χ1v) is 6.45. The molecule has 3 rings (SSSR count). The van der Waals surface area contributed by atoms with E-state index in [9.17, 15) is 10.1 Å². The molecule has 0 bridgehead atoms. The van der Waals surface area contributed by atoms with Gasteiger partial charge in [0.05, 0.1) is 17.5 Å². The van der Waals surface area contributed by atoms with E-state index in [0.717, 1.165) is 12.8 Å². The molecule has 2 aromatic rings. The maximum Gasteiger partial charge on any atom is 0.270 e. The van der Waals surface area contributed by atoms with E-state index in [1.165, 1.54) is 6.26 Å². The molecule has 1 aliphatic carbocycles. The Kier molecular flexibility index (Phi) is 2.99. The third-order valence-corrected chi connectivity index (χ3v) is 3.24. The minimum Gasteiger partial charge on any atom is -0.464 e. The molecular weight excluding hydrogens is 254 g/mol. The first-order chi connectivity index (χ1) is 9.69. The Bertz CT molecular complexity index is 695. The zero-order valence-electron chi connectivity index (χ0n) is 11.0. The Balaban J connectivity index is 2.05. The fraction of sp³-hybridized carbons (Fsp3) is 0.267. The highest BCUT2D eigenvalue weighted by molar-refractivity contribution is 5.94. The van der Waals surface area contributed by atoms with E-state index in [4.69, 9.17) is 4.42 Å². The van der Waals surface area contributed by atoms with Crippen LogP contribution in [0, 0.1) is 18.3 Å². The number of furan rings is 1. The number of pyridine rings is 1. The number of nitrogens with one attached hydrogen (secondary N) is 1. The van der Waals surface area contributed by atoms with E-state index in [1.54, 1.807) is 25.1 Å². The summed E-state index contributed by atoms with van der Waals surface area (Å²) in [6.45, 7) is 1.72. The molecule has 0 aliphatic heterocycles. The lowest BCUT2D eigenvalue weighted by Crippen LogP contribution is -2.26. The number of rotatable bonds is 3. The van der Waals surface area contributed by atoms with E-state index in [1.807, 2.05) is 0 Å². The summed E-state index contributed by atoms with van der Waals surface area (Å²) in [5.41, 5.74) is 1.89. The second-order valence-electron chi connectivity index (χ2n) is 4.85. The van der Waals surface area contributed by atoms with Gasteiger partial charge in [-0.1, -0.05) is 0 Å². The zero-order chi connectivity index (χ0) is 14.1. The Morgan fingerprint density at radius 1 is 1.55 bits per heavy atom. The summed E-state index contributed by atoms with van der Waals surface area (Å²) in [5, 5.41) is 12.1.